The highest BCUT2D eigenvalue weighted by Crippen LogP contribution is 2.23. The zero-order valence-electron chi connectivity index (χ0n) is 6.64. The lowest BCUT2D eigenvalue weighted by Gasteiger charge is -1.94. The molecule has 1 aliphatic carbocycles. The van der Waals surface area contributed by atoms with E-state index in [2.05, 4.69) is 22.2 Å². The zero-order chi connectivity index (χ0) is 8.39. The first kappa shape index (κ1) is 9.62. The molecule has 2 rings (SSSR count). The van der Waals surface area contributed by atoms with Crippen molar-refractivity contribution in [2.75, 3.05) is 0 Å². The Bertz CT molecular complexity index is 315. The number of hydrogen-bond donors (Lipinski definition) is 0. The van der Waals surface area contributed by atoms with Crippen LogP contribution in [0.2, 0.25) is 0 Å². The molecule has 3 nitrogen and oxygen atoms in total. The van der Waals surface area contributed by atoms with E-state index < -0.39 is 0 Å². The molecule has 1 aliphatic rings. The lowest BCUT2D eigenvalue weighted by molar-refractivity contribution is 0.714. The Hall–Kier alpha value is -1.47. The molecular weight excluding hydrogens is 162 g/mol. The van der Waals surface area contributed by atoms with Gasteiger partial charge >= 0.3 is 0 Å². The molecule has 0 radical (unpaired) electrons. The van der Waals surface area contributed by atoms with Crippen LogP contribution in [0, 0.1) is 0 Å². The fourth-order valence-corrected chi connectivity index (χ4v) is 1.69. The van der Waals surface area contributed by atoms with Gasteiger partial charge in [0.1, 0.15) is 0 Å². The van der Waals surface area contributed by atoms with Gasteiger partial charge in [0.25, 0.3) is 0 Å². The van der Waals surface area contributed by atoms with E-state index in [1.165, 1.54) is 11.1 Å². The summed E-state index contributed by atoms with van der Waals surface area (Å²) >= 11 is 0. The van der Waals surface area contributed by atoms with Crippen LogP contribution in [-0.2, 0) is 12.8 Å². The predicted octanol–water partition coefficient (Wildman–Crippen LogP) is 3.10. The van der Waals surface area contributed by atoms with Gasteiger partial charge in [0.15, 0.2) is 0 Å². The van der Waals surface area contributed by atoms with E-state index in [0.29, 0.717) is 0 Å². The van der Waals surface area contributed by atoms with Gasteiger partial charge in [-0.2, -0.15) is 0 Å². The van der Waals surface area contributed by atoms with Crippen molar-refractivity contribution < 1.29 is 0 Å². The van der Waals surface area contributed by atoms with Crippen molar-refractivity contribution in [3.63, 3.8) is 0 Å². The number of benzene rings is 1. The maximum Gasteiger partial charge on any atom is 0.0454 e. The standard InChI is InChI=1S/C9H9N3.CH4/c10-12-11-9-5-7-3-1-2-4-8(7)6-9;/h1-4,9H,5-6H2;1H4. The van der Waals surface area contributed by atoms with E-state index in [9.17, 15) is 0 Å². The van der Waals surface area contributed by atoms with Gasteiger partial charge in [-0.3, -0.25) is 0 Å². The van der Waals surface area contributed by atoms with Gasteiger partial charge in [-0.1, -0.05) is 36.8 Å². The molecule has 0 N–H and O–H groups in total. The molecular formula is C10H13N3. The van der Waals surface area contributed by atoms with Gasteiger partial charge in [-0.05, 0) is 29.5 Å². The second-order valence-corrected chi connectivity index (χ2v) is 3.04. The van der Waals surface area contributed by atoms with Gasteiger partial charge in [0.05, 0.1) is 0 Å². The molecule has 1 aromatic carbocycles. The van der Waals surface area contributed by atoms with Crippen molar-refractivity contribution in [1.82, 2.24) is 0 Å². The second kappa shape index (κ2) is 3.97. The minimum atomic E-state index is 0. The summed E-state index contributed by atoms with van der Waals surface area (Å²) in [5.41, 5.74) is 10.9. The number of hydrogen-bond acceptors (Lipinski definition) is 1. The molecule has 0 amide bonds. The smallest absolute Gasteiger partial charge is 0.0454 e. The molecule has 0 heterocycles. The summed E-state index contributed by atoms with van der Waals surface area (Å²) in [7, 11) is 0. The molecule has 0 aliphatic heterocycles. The zero-order valence-corrected chi connectivity index (χ0v) is 6.64. The van der Waals surface area contributed by atoms with Crippen LogP contribution < -0.4 is 0 Å². The normalized spacial score (nSPS) is 14.2. The minimum absolute atomic E-state index is 0. The van der Waals surface area contributed by atoms with Crippen molar-refractivity contribution in [3.8, 4) is 0 Å². The van der Waals surface area contributed by atoms with E-state index in [0.717, 1.165) is 12.8 Å². The van der Waals surface area contributed by atoms with Gasteiger partial charge < -0.3 is 0 Å². The fourth-order valence-electron chi connectivity index (χ4n) is 1.69. The second-order valence-electron chi connectivity index (χ2n) is 3.04. The topological polar surface area (TPSA) is 48.8 Å². The molecule has 0 spiro atoms. The Balaban J connectivity index is 0.000000845. The fraction of sp³-hybridized carbons (Fsp3) is 0.400. The molecule has 0 unspecified atom stereocenters. The van der Waals surface area contributed by atoms with Gasteiger partial charge in [0, 0.05) is 11.0 Å². The summed E-state index contributed by atoms with van der Waals surface area (Å²) in [5, 5.41) is 3.72. The lowest BCUT2D eigenvalue weighted by atomic mass is 10.1. The van der Waals surface area contributed by atoms with Crippen LogP contribution in [-0.4, -0.2) is 6.04 Å². The van der Waals surface area contributed by atoms with Crippen molar-refractivity contribution in [3.05, 3.63) is 45.8 Å². The first-order valence-electron chi connectivity index (χ1n) is 4.01. The molecule has 0 fully saturated rings. The number of rotatable bonds is 1. The Kier molecular flexibility index (Phi) is 2.93. The average molecular weight is 175 g/mol. The number of nitrogens with zero attached hydrogens (tertiary/aromatic N) is 3. The predicted molar refractivity (Wildman–Crippen MR) is 53.5 cm³/mol. The SMILES string of the molecule is C.[N-]=[N+]=NC1Cc2ccccc2C1. The maximum absolute atomic E-state index is 8.26. The average Bonchev–Trinajstić information content (AvgIpc) is 2.47. The number of azide groups is 1. The van der Waals surface area contributed by atoms with Gasteiger partial charge in [-0.15, -0.1) is 0 Å². The third-order valence-corrected chi connectivity index (χ3v) is 2.24. The molecule has 1 aromatic rings. The van der Waals surface area contributed by atoms with Crippen LogP contribution in [0.3, 0.4) is 0 Å². The molecule has 0 saturated carbocycles. The molecule has 0 atom stereocenters. The molecule has 68 valence electrons. The van der Waals surface area contributed by atoms with Gasteiger partial charge in [-0.25, -0.2) is 0 Å². The van der Waals surface area contributed by atoms with Crippen LogP contribution in [0.1, 0.15) is 18.6 Å². The first-order chi connectivity index (χ1) is 5.90. The van der Waals surface area contributed by atoms with Crippen LogP contribution in [0.4, 0.5) is 0 Å². The summed E-state index contributed by atoms with van der Waals surface area (Å²) in [6, 6.07) is 8.39. The lowest BCUT2D eigenvalue weighted by Crippen LogP contribution is -2.00. The Morgan fingerprint density at radius 2 is 1.77 bits per heavy atom. The molecule has 0 bridgehead atoms. The Morgan fingerprint density at radius 3 is 2.23 bits per heavy atom. The molecule has 13 heavy (non-hydrogen) atoms. The monoisotopic (exact) mass is 175 g/mol. The van der Waals surface area contributed by atoms with Crippen molar-refractivity contribution >= 4 is 0 Å². The summed E-state index contributed by atoms with van der Waals surface area (Å²) in [4.78, 5) is 2.83. The van der Waals surface area contributed by atoms with Crippen molar-refractivity contribution in [2.45, 2.75) is 26.3 Å². The minimum Gasteiger partial charge on any atom is -0.0899 e. The summed E-state index contributed by atoms with van der Waals surface area (Å²) in [6.45, 7) is 0. The van der Waals surface area contributed by atoms with Crippen LogP contribution in [0.5, 0.6) is 0 Å². The highest BCUT2D eigenvalue weighted by atomic mass is 15.1. The van der Waals surface area contributed by atoms with E-state index in [4.69, 9.17) is 5.53 Å². The van der Waals surface area contributed by atoms with Crippen LogP contribution in [0.25, 0.3) is 10.4 Å². The quantitative estimate of drug-likeness (QED) is 0.358. The third kappa shape index (κ3) is 1.82. The number of fused-ring (bicyclic) bond motifs is 1. The Morgan fingerprint density at radius 1 is 1.23 bits per heavy atom. The first-order valence-corrected chi connectivity index (χ1v) is 4.01. The van der Waals surface area contributed by atoms with E-state index in [1.807, 2.05) is 12.1 Å². The van der Waals surface area contributed by atoms with Crippen LogP contribution in [0.15, 0.2) is 29.4 Å². The van der Waals surface area contributed by atoms with E-state index >= 15 is 0 Å². The molecule has 0 aromatic heterocycles. The van der Waals surface area contributed by atoms with E-state index in [1.54, 1.807) is 0 Å². The maximum atomic E-state index is 8.26. The summed E-state index contributed by atoms with van der Waals surface area (Å²) < 4.78 is 0. The molecule has 0 saturated heterocycles. The highest BCUT2D eigenvalue weighted by molar-refractivity contribution is 5.33. The van der Waals surface area contributed by atoms with Crippen LogP contribution >= 0.6 is 0 Å². The Labute approximate surface area is 78.0 Å². The van der Waals surface area contributed by atoms with E-state index in [-0.39, 0.29) is 13.5 Å². The van der Waals surface area contributed by atoms with Crippen molar-refractivity contribution in [2.24, 2.45) is 5.11 Å². The summed E-state index contributed by atoms with van der Waals surface area (Å²) in [6.07, 6.45) is 1.81. The largest absolute Gasteiger partial charge is 0.0899 e. The van der Waals surface area contributed by atoms with Gasteiger partial charge in [0.2, 0.25) is 0 Å². The summed E-state index contributed by atoms with van der Waals surface area (Å²) in [5.74, 6) is 0. The van der Waals surface area contributed by atoms with Crippen molar-refractivity contribution in [1.29, 1.82) is 0 Å². The highest BCUT2D eigenvalue weighted by Gasteiger charge is 2.18. The molecule has 3 heteroatoms. The third-order valence-electron chi connectivity index (χ3n) is 2.24.